The van der Waals surface area contributed by atoms with E-state index in [1.807, 2.05) is 6.07 Å². The van der Waals surface area contributed by atoms with Crippen molar-refractivity contribution in [2.45, 2.75) is 0 Å². The van der Waals surface area contributed by atoms with Crippen molar-refractivity contribution < 1.29 is 15.0 Å². The molecule has 76 valence electrons. The second-order valence-electron chi connectivity index (χ2n) is 2.85. The van der Waals surface area contributed by atoms with Crippen molar-refractivity contribution >= 4 is 5.78 Å². The van der Waals surface area contributed by atoms with Crippen LogP contribution in [-0.2, 0) is 0 Å². The molecule has 0 saturated carbocycles. The molecule has 0 radical (unpaired) electrons. The third kappa shape index (κ3) is 2.93. The van der Waals surface area contributed by atoms with Crippen molar-refractivity contribution in [1.82, 2.24) is 0 Å². The van der Waals surface area contributed by atoms with Gasteiger partial charge in [-0.3, -0.25) is 4.79 Å². The second-order valence-corrected chi connectivity index (χ2v) is 2.85. The van der Waals surface area contributed by atoms with E-state index in [0.29, 0.717) is 11.1 Å². The van der Waals surface area contributed by atoms with Gasteiger partial charge in [-0.1, -0.05) is 0 Å². The molecule has 1 aromatic rings. The fraction of sp³-hybridized carbons (Fsp3) is 0.0909. The molecule has 1 aromatic carbocycles. The van der Waals surface area contributed by atoms with Crippen LogP contribution in [0.3, 0.4) is 0 Å². The molecule has 0 saturated heterocycles. The van der Waals surface area contributed by atoms with Crippen molar-refractivity contribution in [2.75, 3.05) is 6.61 Å². The zero-order valence-electron chi connectivity index (χ0n) is 7.84. The van der Waals surface area contributed by atoms with Crippen molar-refractivity contribution in [3.8, 4) is 6.07 Å². The summed E-state index contributed by atoms with van der Waals surface area (Å²) in [7, 11) is 0. The highest BCUT2D eigenvalue weighted by Crippen LogP contribution is 2.05. The number of aliphatic hydroxyl groups is 2. The van der Waals surface area contributed by atoms with Crippen molar-refractivity contribution in [2.24, 2.45) is 0 Å². The van der Waals surface area contributed by atoms with E-state index in [0.717, 1.165) is 6.08 Å². The van der Waals surface area contributed by atoms with E-state index in [-0.39, 0.29) is 5.76 Å². The lowest BCUT2D eigenvalue weighted by Gasteiger charge is -1.96. The smallest absolute Gasteiger partial charge is 0.189 e. The van der Waals surface area contributed by atoms with E-state index in [1.165, 1.54) is 24.3 Å². The van der Waals surface area contributed by atoms with Crippen LogP contribution in [0.1, 0.15) is 15.9 Å². The number of rotatable bonds is 3. The molecular weight excluding hydrogens is 194 g/mol. The second kappa shape index (κ2) is 4.94. The minimum atomic E-state index is -0.567. The SMILES string of the molecule is N#Cc1ccc(C(=O)/C=C(\O)CO)cc1. The Labute approximate surface area is 86.7 Å². The molecule has 0 spiro atoms. The first-order chi connectivity index (χ1) is 7.17. The minimum Gasteiger partial charge on any atom is -0.510 e. The van der Waals surface area contributed by atoms with Gasteiger partial charge in [0.05, 0.1) is 11.6 Å². The molecule has 4 heteroatoms. The highest BCUT2D eigenvalue weighted by molar-refractivity contribution is 6.04. The lowest BCUT2D eigenvalue weighted by atomic mass is 10.1. The van der Waals surface area contributed by atoms with E-state index in [1.54, 1.807) is 0 Å². The minimum absolute atomic E-state index is 0.356. The molecule has 15 heavy (non-hydrogen) atoms. The summed E-state index contributed by atoms with van der Waals surface area (Å²) in [5, 5.41) is 26.0. The monoisotopic (exact) mass is 203 g/mol. The summed E-state index contributed by atoms with van der Waals surface area (Å²) in [6.45, 7) is -0.567. The zero-order valence-corrected chi connectivity index (χ0v) is 7.84. The third-order valence-corrected chi connectivity index (χ3v) is 1.76. The summed E-state index contributed by atoms with van der Waals surface area (Å²) < 4.78 is 0. The van der Waals surface area contributed by atoms with Gasteiger partial charge in [-0.2, -0.15) is 5.26 Å². The maximum absolute atomic E-state index is 11.4. The Hall–Kier alpha value is -2.12. The van der Waals surface area contributed by atoms with Crippen molar-refractivity contribution in [3.63, 3.8) is 0 Å². The first-order valence-electron chi connectivity index (χ1n) is 4.22. The molecule has 0 amide bonds. The summed E-state index contributed by atoms with van der Waals surface area (Å²) in [5.74, 6) is -0.796. The fourth-order valence-corrected chi connectivity index (χ4v) is 0.989. The van der Waals surface area contributed by atoms with Gasteiger partial charge in [-0.15, -0.1) is 0 Å². The van der Waals surface area contributed by atoms with Gasteiger partial charge in [0.15, 0.2) is 5.78 Å². The largest absolute Gasteiger partial charge is 0.510 e. The first-order valence-corrected chi connectivity index (χ1v) is 4.22. The summed E-state index contributed by atoms with van der Waals surface area (Å²) in [6.07, 6.45) is 0.946. The number of ketones is 1. The molecule has 0 unspecified atom stereocenters. The summed E-state index contributed by atoms with van der Waals surface area (Å²) in [6, 6.07) is 7.93. The van der Waals surface area contributed by atoms with Gasteiger partial charge < -0.3 is 10.2 Å². The maximum Gasteiger partial charge on any atom is 0.189 e. The maximum atomic E-state index is 11.4. The predicted octanol–water partition coefficient (Wildman–Crippen LogP) is 1.18. The van der Waals surface area contributed by atoms with Crippen LogP contribution < -0.4 is 0 Å². The van der Waals surface area contributed by atoms with Crippen LogP contribution in [0.25, 0.3) is 0 Å². The van der Waals surface area contributed by atoms with Gasteiger partial charge in [-0.05, 0) is 24.3 Å². The number of nitriles is 1. The highest BCUT2D eigenvalue weighted by atomic mass is 16.3. The molecule has 0 aliphatic heterocycles. The summed E-state index contributed by atoms with van der Waals surface area (Å²) >= 11 is 0. The number of allylic oxidation sites excluding steroid dienone is 1. The third-order valence-electron chi connectivity index (χ3n) is 1.76. The summed E-state index contributed by atoms with van der Waals surface area (Å²) in [5.41, 5.74) is 0.816. The van der Waals surface area contributed by atoms with Crippen molar-refractivity contribution in [3.05, 3.63) is 47.2 Å². The number of hydrogen-bond acceptors (Lipinski definition) is 4. The van der Waals surface area contributed by atoms with Crippen LogP contribution in [0.4, 0.5) is 0 Å². The van der Waals surface area contributed by atoms with Gasteiger partial charge in [0.2, 0.25) is 0 Å². The molecule has 0 atom stereocenters. The number of carbonyl (C=O) groups excluding carboxylic acids is 1. The predicted molar refractivity (Wildman–Crippen MR) is 53.3 cm³/mol. The topological polar surface area (TPSA) is 81.3 Å². The van der Waals surface area contributed by atoms with Gasteiger partial charge >= 0.3 is 0 Å². The number of carbonyl (C=O) groups is 1. The number of benzene rings is 1. The Morgan fingerprint density at radius 1 is 1.40 bits per heavy atom. The average Bonchev–Trinajstić information content (AvgIpc) is 2.29. The molecule has 0 aliphatic rings. The molecule has 4 nitrogen and oxygen atoms in total. The molecule has 0 heterocycles. The first kappa shape index (κ1) is 11.0. The number of aliphatic hydroxyl groups excluding tert-OH is 2. The van der Waals surface area contributed by atoms with Crippen LogP contribution in [0.5, 0.6) is 0 Å². The zero-order chi connectivity index (χ0) is 11.3. The van der Waals surface area contributed by atoms with E-state index in [4.69, 9.17) is 15.5 Å². The molecule has 2 N–H and O–H groups in total. The normalized spacial score (nSPS) is 10.8. The van der Waals surface area contributed by atoms with Crippen LogP contribution in [-0.4, -0.2) is 22.6 Å². The molecular formula is C11H9NO3. The van der Waals surface area contributed by atoms with Crippen LogP contribution in [0, 0.1) is 11.3 Å². The Kier molecular flexibility index (Phi) is 3.61. The number of nitrogens with zero attached hydrogens (tertiary/aromatic N) is 1. The summed E-state index contributed by atoms with van der Waals surface area (Å²) in [4.78, 5) is 11.4. The van der Waals surface area contributed by atoms with Crippen molar-refractivity contribution in [1.29, 1.82) is 5.26 Å². The van der Waals surface area contributed by atoms with Crippen LogP contribution in [0.2, 0.25) is 0 Å². The molecule has 0 bridgehead atoms. The Morgan fingerprint density at radius 3 is 2.47 bits per heavy atom. The van der Waals surface area contributed by atoms with Crippen LogP contribution in [0.15, 0.2) is 36.1 Å². The van der Waals surface area contributed by atoms with Gasteiger partial charge in [0.25, 0.3) is 0 Å². The molecule has 0 fully saturated rings. The fourth-order valence-electron chi connectivity index (χ4n) is 0.989. The lowest BCUT2D eigenvalue weighted by Crippen LogP contribution is -1.98. The van der Waals surface area contributed by atoms with Crippen LogP contribution >= 0.6 is 0 Å². The van der Waals surface area contributed by atoms with E-state index in [9.17, 15) is 4.79 Å². The van der Waals surface area contributed by atoms with Gasteiger partial charge in [0, 0.05) is 11.6 Å². The Morgan fingerprint density at radius 2 is 2.00 bits per heavy atom. The number of hydrogen-bond donors (Lipinski definition) is 2. The molecule has 0 aliphatic carbocycles. The van der Waals surface area contributed by atoms with E-state index < -0.39 is 12.4 Å². The molecule has 1 rings (SSSR count). The standard InChI is InChI=1S/C11H9NO3/c12-6-8-1-3-9(4-2-8)11(15)5-10(14)7-13/h1-5,13-14H,7H2/b10-5-. The van der Waals surface area contributed by atoms with Gasteiger partial charge in [-0.25, -0.2) is 0 Å². The Bertz CT molecular complexity index is 426. The Balaban J connectivity index is 2.89. The average molecular weight is 203 g/mol. The van der Waals surface area contributed by atoms with E-state index >= 15 is 0 Å². The van der Waals surface area contributed by atoms with Gasteiger partial charge in [0.1, 0.15) is 12.4 Å². The lowest BCUT2D eigenvalue weighted by molar-refractivity contribution is 0.104. The highest BCUT2D eigenvalue weighted by Gasteiger charge is 2.03. The van der Waals surface area contributed by atoms with E-state index in [2.05, 4.69) is 0 Å². The quantitative estimate of drug-likeness (QED) is 0.439. The molecule has 0 aromatic heterocycles.